The minimum atomic E-state index is -0.256. The Morgan fingerprint density at radius 2 is 1.86 bits per heavy atom. The number of rotatable bonds is 3. The summed E-state index contributed by atoms with van der Waals surface area (Å²) in [5, 5.41) is 1.02. The molecule has 1 aromatic heterocycles. The van der Waals surface area contributed by atoms with Crippen molar-refractivity contribution in [1.82, 2.24) is 14.9 Å². The molecule has 0 bridgehead atoms. The first-order chi connectivity index (χ1) is 10.6. The van der Waals surface area contributed by atoms with E-state index in [2.05, 4.69) is 19.8 Å². The number of hydrogen-bond donors (Lipinski definition) is 0. The lowest BCUT2D eigenvalue weighted by Gasteiger charge is -2.35. The Hall–Kier alpha value is -1.43. The average Bonchev–Trinajstić information content (AvgIpc) is 2.52. The highest BCUT2D eigenvalue weighted by atomic mass is 35.5. The van der Waals surface area contributed by atoms with Gasteiger partial charge >= 0.3 is 0 Å². The molecule has 2 aromatic rings. The molecular weight excluding hydrogens is 326 g/mol. The van der Waals surface area contributed by atoms with Crippen molar-refractivity contribution >= 4 is 29.0 Å². The number of anilines is 1. The lowest BCUT2D eigenvalue weighted by molar-refractivity contribution is 0.246. The monoisotopic (exact) mass is 340 g/mol. The fourth-order valence-corrected chi connectivity index (χ4v) is 3.01. The maximum Gasteiger partial charge on any atom is 0.150 e. The zero-order chi connectivity index (χ0) is 15.5. The number of piperazine rings is 1. The normalized spacial score (nSPS) is 16.0. The maximum atomic E-state index is 13.8. The average molecular weight is 341 g/mol. The molecular formula is C15H15Cl2FN4. The summed E-state index contributed by atoms with van der Waals surface area (Å²) >= 11 is 12.2. The molecule has 1 aliphatic heterocycles. The molecule has 0 spiro atoms. The fourth-order valence-electron chi connectivity index (χ4n) is 2.56. The highest BCUT2D eigenvalue weighted by molar-refractivity contribution is 6.32. The number of hydrogen-bond acceptors (Lipinski definition) is 4. The van der Waals surface area contributed by atoms with E-state index >= 15 is 0 Å². The van der Waals surface area contributed by atoms with Gasteiger partial charge < -0.3 is 4.90 Å². The van der Waals surface area contributed by atoms with Crippen LogP contribution in [0.4, 0.5) is 10.2 Å². The molecule has 0 saturated carbocycles. The van der Waals surface area contributed by atoms with Gasteiger partial charge in [-0.2, -0.15) is 0 Å². The third kappa shape index (κ3) is 3.32. The van der Waals surface area contributed by atoms with Crippen molar-refractivity contribution in [3.05, 3.63) is 52.1 Å². The summed E-state index contributed by atoms with van der Waals surface area (Å²) < 4.78 is 13.8. The van der Waals surface area contributed by atoms with Crippen LogP contribution in [-0.2, 0) is 6.54 Å². The van der Waals surface area contributed by atoms with Crippen molar-refractivity contribution < 1.29 is 4.39 Å². The van der Waals surface area contributed by atoms with Crippen molar-refractivity contribution in [2.75, 3.05) is 31.1 Å². The van der Waals surface area contributed by atoms with Gasteiger partial charge in [-0.15, -0.1) is 0 Å². The van der Waals surface area contributed by atoms with Crippen LogP contribution in [0.25, 0.3) is 0 Å². The molecule has 116 valence electrons. The minimum Gasteiger partial charge on any atom is -0.353 e. The Morgan fingerprint density at radius 3 is 2.55 bits per heavy atom. The number of halogens is 3. The summed E-state index contributed by atoms with van der Waals surface area (Å²) in [6, 6.07) is 4.78. The van der Waals surface area contributed by atoms with Crippen LogP contribution < -0.4 is 4.90 Å². The van der Waals surface area contributed by atoms with Gasteiger partial charge in [0.05, 0.1) is 6.20 Å². The molecule has 1 aromatic carbocycles. The molecule has 7 heteroatoms. The van der Waals surface area contributed by atoms with Crippen molar-refractivity contribution in [3.8, 4) is 0 Å². The third-order valence-corrected chi connectivity index (χ3v) is 4.38. The molecule has 1 saturated heterocycles. The number of benzene rings is 1. The highest BCUT2D eigenvalue weighted by Crippen LogP contribution is 2.24. The first-order valence-electron chi connectivity index (χ1n) is 7.01. The second-order valence-electron chi connectivity index (χ2n) is 5.16. The van der Waals surface area contributed by atoms with Crippen LogP contribution in [0.15, 0.2) is 30.7 Å². The van der Waals surface area contributed by atoms with E-state index in [9.17, 15) is 4.39 Å². The van der Waals surface area contributed by atoms with Crippen molar-refractivity contribution in [1.29, 1.82) is 0 Å². The first kappa shape index (κ1) is 15.5. The van der Waals surface area contributed by atoms with Gasteiger partial charge in [0.1, 0.15) is 17.2 Å². The molecule has 0 unspecified atom stereocenters. The molecule has 1 fully saturated rings. The van der Waals surface area contributed by atoms with Crippen LogP contribution >= 0.6 is 23.2 Å². The molecule has 2 heterocycles. The molecule has 0 aliphatic carbocycles. The van der Waals surface area contributed by atoms with Gasteiger partial charge in [-0.3, -0.25) is 4.90 Å². The van der Waals surface area contributed by atoms with Crippen LogP contribution in [0.3, 0.4) is 0 Å². The molecule has 3 rings (SSSR count). The number of aromatic nitrogens is 2. The Balaban J connectivity index is 1.64. The quantitative estimate of drug-likeness (QED) is 0.858. The molecule has 4 nitrogen and oxygen atoms in total. The lowest BCUT2D eigenvalue weighted by Crippen LogP contribution is -2.46. The summed E-state index contributed by atoms with van der Waals surface area (Å²) in [6.45, 7) is 3.67. The molecule has 0 atom stereocenters. The summed E-state index contributed by atoms with van der Waals surface area (Å²) in [6.07, 6.45) is 3.09. The van der Waals surface area contributed by atoms with Crippen LogP contribution in [-0.4, -0.2) is 41.0 Å². The van der Waals surface area contributed by atoms with Crippen LogP contribution in [0.1, 0.15) is 5.56 Å². The van der Waals surface area contributed by atoms with Crippen molar-refractivity contribution in [2.24, 2.45) is 0 Å². The van der Waals surface area contributed by atoms with E-state index in [0.717, 1.165) is 32.0 Å². The van der Waals surface area contributed by atoms with Crippen LogP contribution in [0, 0.1) is 5.82 Å². The topological polar surface area (TPSA) is 32.3 Å². The van der Waals surface area contributed by atoms with E-state index in [4.69, 9.17) is 23.2 Å². The predicted molar refractivity (Wildman–Crippen MR) is 85.9 cm³/mol. The van der Waals surface area contributed by atoms with E-state index in [1.165, 1.54) is 12.4 Å². The Kier molecular flexibility index (Phi) is 4.76. The van der Waals surface area contributed by atoms with Gasteiger partial charge in [0.2, 0.25) is 0 Å². The summed E-state index contributed by atoms with van der Waals surface area (Å²) in [5.74, 6) is 0.494. The summed E-state index contributed by atoms with van der Waals surface area (Å²) in [4.78, 5) is 12.4. The highest BCUT2D eigenvalue weighted by Gasteiger charge is 2.21. The third-order valence-electron chi connectivity index (χ3n) is 3.76. The van der Waals surface area contributed by atoms with E-state index in [0.29, 0.717) is 22.2 Å². The standard InChI is InChI=1S/C15H15Cl2FN4/c16-12-2-1-3-14(18)11(12)9-21-4-6-22(7-5-21)15-13(17)8-19-10-20-15/h1-3,8,10H,4-7,9H2. The SMILES string of the molecule is Fc1cccc(Cl)c1CN1CCN(c2ncncc2Cl)CC1. The maximum absolute atomic E-state index is 13.8. The van der Waals surface area contributed by atoms with Gasteiger partial charge in [0.25, 0.3) is 0 Å². The molecule has 0 N–H and O–H groups in total. The predicted octanol–water partition coefficient (Wildman–Crippen LogP) is 3.24. The largest absolute Gasteiger partial charge is 0.353 e. The Bertz CT molecular complexity index is 639. The van der Waals surface area contributed by atoms with E-state index in [1.54, 1.807) is 18.3 Å². The van der Waals surface area contributed by atoms with Gasteiger partial charge in [0, 0.05) is 43.3 Å². The Labute approximate surface area is 138 Å². The van der Waals surface area contributed by atoms with E-state index in [1.807, 2.05) is 0 Å². The van der Waals surface area contributed by atoms with Gasteiger partial charge in [-0.05, 0) is 12.1 Å². The zero-order valence-electron chi connectivity index (χ0n) is 11.8. The smallest absolute Gasteiger partial charge is 0.150 e. The molecule has 0 amide bonds. The Morgan fingerprint density at radius 1 is 1.09 bits per heavy atom. The lowest BCUT2D eigenvalue weighted by atomic mass is 10.2. The summed E-state index contributed by atoms with van der Waals surface area (Å²) in [5.41, 5.74) is 0.553. The first-order valence-corrected chi connectivity index (χ1v) is 7.76. The van der Waals surface area contributed by atoms with Gasteiger partial charge in [-0.1, -0.05) is 29.3 Å². The van der Waals surface area contributed by atoms with E-state index < -0.39 is 0 Å². The minimum absolute atomic E-state index is 0.256. The van der Waals surface area contributed by atoms with Crippen molar-refractivity contribution in [3.63, 3.8) is 0 Å². The summed E-state index contributed by atoms with van der Waals surface area (Å²) in [7, 11) is 0. The van der Waals surface area contributed by atoms with Crippen LogP contribution in [0.2, 0.25) is 10.0 Å². The molecule has 22 heavy (non-hydrogen) atoms. The second kappa shape index (κ2) is 6.77. The fraction of sp³-hybridized carbons (Fsp3) is 0.333. The molecule has 1 aliphatic rings. The zero-order valence-corrected chi connectivity index (χ0v) is 13.4. The molecule has 0 radical (unpaired) electrons. The number of nitrogens with zero attached hydrogens (tertiary/aromatic N) is 4. The van der Waals surface area contributed by atoms with Crippen LogP contribution in [0.5, 0.6) is 0 Å². The van der Waals surface area contributed by atoms with Gasteiger partial charge in [0.15, 0.2) is 5.82 Å². The van der Waals surface area contributed by atoms with E-state index in [-0.39, 0.29) is 5.82 Å². The second-order valence-corrected chi connectivity index (χ2v) is 5.97. The van der Waals surface area contributed by atoms with Gasteiger partial charge in [-0.25, -0.2) is 14.4 Å². The van der Waals surface area contributed by atoms with Crippen molar-refractivity contribution in [2.45, 2.75) is 6.54 Å².